The summed E-state index contributed by atoms with van der Waals surface area (Å²) in [5, 5.41) is 6.15. The van der Waals surface area contributed by atoms with Crippen LogP contribution >= 0.6 is 0 Å². The minimum absolute atomic E-state index is 0.0893. The summed E-state index contributed by atoms with van der Waals surface area (Å²) in [4.78, 5) is 18.6. The van der Waals surface area contributed by atoms with Crippen LogP contribution in [0.25, 0.3) is 0 Å². The fourth-order valence-electron chi connectivity index (χ4n) is 2.59. The molecule has 0 aliphatic rings. The van der Waals surface area contributed by atoms with E-state index in [1.165, 1.54) is 11.1 Å². The molecule has 1 amide bonds. The summed E-state index contributed by atoms with van der Waals surface area (Å²) in [6, 6.07) is 18.2. The number of guanidine groups is 1. The van der Waals surface area contributed by atoms with Gasteiger partial charge in [-0.1, -0.05) is 54.6 Å². The van der Waals surface area contributed by atoms with Crippen LogP contribution in [0.2, 0.25) is 0 Å². The van der Waals surface area contributed by atoms with Crippen molar-refractivity contribution in [3.05, 3.63) is 71.3 Å². The Morgan fingerprint density at radius 1 is 1.04 bits per heavy atom. The third-order valence-corrected chi connectivity index (χ3v) is 4.07. The van der Waals surface area contributed by atoms with Gasteiger partial charge in [-0.05, 0) is 30.5 Å². The zero-order valence-electron chi connectivity index (χ0n) is 15.8. The van der Waals surface area contributed by atoms with E-state index in [1.54, 1.807) is 0 Å². The first-order valence-electron chi connectivity index (χ1n) is 8.94. The van der Waals surface area contributed by atoms with Crippen LogP contribution in [0.5, 0.6) is 0 Å². The summed E-state index contributed by atoms with van der Waals surface area (Å²) >= 11 is 0. The standard InChI is InChI=1S/C21H28N4O/c1-4-22-21(25(3)16-19-13-9-8-10-17(19)2)24-15-20(26)23-14-18-11-6-5-7-12-18/h5-13H,4,14-16H2,1-3H3,(H,22,24)(H,23,26). The summed E-state index contributed by atoms with van der Waals surface area (Å²) < 4.78 is 0. The number of aryl methyl sites for hydroxylation is 1. The van der Waals surface area contributed by atoms with Gasteiger partial charge in [-0.25, -0.2) is 4.99 Å². The number of rotatable bonds is 7. The van der Waals surface area contributed by atoms with Crippen LogP contribution in [0.1, 0.15) is 23.6 Å². The molecule has 0 unspecified atom stereocenters. The molecule has 0 bridgehead atoms. The molecule has 0 fully saturated rings. The second kappa shape index (κ2) is 10.2. The van der Waals surface area contributed by atoms with Crippen molar-refractivity contribution in [2.75, 3.05) is 20.1 Å². The zero-order chi connectivity index (χ0) is 18.8. The lowest BCUT2D eigenvalue weighted by atomic mass is 10.1. The van der Waals surface area contributed by atoms with Crippen molar-refractivity contribution in [1.82, 2.24) is 15.5 Å². The molecule has 0 aliphatic carbocycles. The molecule has 0 saturated carbocycles. The molecule has 138 valence electrons. The van der Waals surface area contributed by atoms with Gasteiger partial charge in [-0.15, -0.1) is 0 Å². The van der Waals surface area contributed by atoms with Crippen molar-refractivity contribution >= 4 is 11.9 Å². The van der Waals surface area contributed by atoms with Crippen LogP contribution in [0.4, 0.5) is 0 Å². The number of carbonyl (C=O) groups excluding carboxylic acids is 1. The highest BCUT2D eigenvalue weighted by Gasteiger charge is 2.09. The minimum Gasteiger partial charge on any atom is -0.357 e. The molecule has 0 aliphatic heterocycles. The van der Waals surface area contributed by atoms with Crippen molar-refractivity contribution in [2.45, 2.75) is 26.9 Å². The Morgan fingerprint density at radius 2 is 1.73 bits per heavy atom. The molecular weight excluding hydrogens is 324 g/mol. The van der Waals surface area contributed by atoms with E-state index >= 15 is 0 Å². The second-order valence-corrected chi connectivity index (χ2v) is 6.22. The topological polar surface area (TPSA) is 56.7 Å². The fraction of sp³-hybridized carbons (Fsp3) is 0.333. The summed E-state index contributed by atoms with van der Waals surface area (Å²) in [7, 11) is 1.98. The van der Waals surface area contributed by atoms with Crippen LogP contribution < -0.4 is 10.6 Å². The first-order valence-corrected chi connectivity index (χ1v) is 8.94. The number of hydrogen-bond donors (Lipinski definition) is 2. The SMILES string of the molecule is CCNC(=NCC(=O)NCc1ccccc1)N(C)Cc1ccccc1C. The van der Waals surface area contributed by atoms with E-state index < -0.39 is 0 Å². The molecule has 2 aromatic carbocycles. The van der Waals surface area contributed by atoms with E-state index in [1.807, 2.05) is 61.3 Å². The molecule has 5 heteroatoms. The third kappa shape index (κ3) is 6.24. The minimum atomic E-state index is -0.0893. The quantitative estimate of drug-likeness (QED) is 0.595. The Kier molecular flexibility index (Phi) is 7.68. The monoisotopic (exact) mass is 352 g/mol. The van der Waals surface area contributed by atoms with E-state index in [2.05, 4.69) is 34.7 Å². The number of carbonyl (C=O) groups is 1. The van der Waals surface area contributed by atoms with Crippen LogP contribution in [-0.4, -0.2) is 36.9 Å². The van der Waals surface area contributed by atoms with Gasteiger partial charge in [0.25, 0.3) is 0 Å². The Balaban J connectivity index is 1.92. The number of nitrogens with zero attached hydrogens (tertiary/aromatic N) is 2. The first kappa shape index (κ1) is 19.5. The Bertz CT molecular complexity index is 728. The summed E-state index contributed by atoms with van der Waals surface area (Å²) in [5.74, 6) is 0.638. The molecule has 0 atom stereocenters. The van der Waals surface area contributed by atoms with Crippen LogP contribution in [0, 0.1) is 6.92 Å². The molecule has 0 spiro atoms. The van der Waals surface area contributed by atoms with Gasteiger partial charge in [0.05, 0.1) is 0 Å². The summed E-state index contributed by atoms with van der Waals surface area (Å²) in [6.07, 6.45) is 0. The average molecular weight is 352 g/mol. The van der Waals surface area contributed by atoms with Crippen LogP contribution in [0.3, 0.4) is 0 Å². The van der Waals surface area contributed by atoms with Crippen LogP contribution in [-0.2, 0) is 17.9 Å². The van der Waals surface area contributed by atoms with E-state index in [9.17, 15) is 4.79 Å². The highest BCUT2D eigenvalue weighted by atomic mass is 16.1. The maximum atomic E-state index is 12.1. The van der Waals surface area contributed by atoms with Crippen molar-refractivity contribution < 1.29 is 4.79 Å². The lowest BCUT2D eigenvalue weighted by Gasteiger charge is -2.23. The highest BCUT2D eigenvalue weighted by molar-refractivity contribution is 5.84. The van der Waals surface area contributed by atoms with Crippen molar-refractivity contribution in [2.24, 2.45) is 4.99 Å². The molecule has 2 aromatic rings. The van der Waals surface area contributed by atoms with Gasteiger partial charge >= 0.3 is 0 Å². The summed E-state index contributed by atoms with van der Waals surface area (Å²) in [6.45, 7) is 6.24. The first-order chi connectivity index (χ1) is 12.6. The third-order valence-electron chi connectivity index (χ3n) is 4.07. The maximum absolute atomic E-state index is 12.1. The normalized spacial score (nSPS) is 11.1. The Morgan fingerprint density at radius 3 is 2.42 bits per heavy atom. The number of hydrogen-bond acceptors (Lipinski definition) is 2. The summed E-state index contributed by atoms with van der Waals surface area (Å²) in [5.41, 5.74) is 3.57. The zero-order valence-corrected chi connectivity index (χ0v) is 15.8. The van der Waals surface area contributed by atoms with E-state index in [0.717, 1.165) is 24.6 Å². The molecule has 0 aromatic heterocycles. The largest absolute Gasteiger partial charge is 0.357 e. The number of amides is 1. The molecule has 0 radical (unpaired) electrons. The molecule has 26 heavy (non-hydrogen) atoms. The molecule has 0 saturated heterocycles. The van der Waals surface area contributed by atoms with Crippen molar-refractivity contribution in [3.8, 4) is 0 Å². The van der Waals surface area contributed by atoms with Gasteiger partial charge in [0.15, 0.2) is 5.96 Å². The van der Waals surface area contributed by atoms with Gasteiger partial charge in [0.2, 0.25) is 5.91 Å². The van der Waals surface area contributed by atoms with Crippen molar-refractivity contribution in [3.63, 3.8) is 0 Å². The van der Waals surface area contributed by atoms with E-state index in [4.69, 9.17) is 0 Å². The lowest BCUT2D eigenvalue weighted by Crippen LogP contribution is -2.39. The molecular formula is C21H28N4O. The van der Waals surface area contributed by atoms with Crippen molar-refractivity contribution in [1.29, 1.82) is 0 Å². The molecule has 0 heterocycles. The Hall–Kier alpha value is -2.82. The van der Waals surface area contributed by atoms with Gasteiger partial charge in [-0.2, -0.15) is 0 Å². The molecule has 2 rings (SSSR count). The molecule has 2 N–H and O–H groups in total. The smallest absolute Gasteiger partial charge is 0.242 e. The van der Waals surface area contributed by atoms with Gasteiger partial charge < -0.3 is 15.5 Å². The van der Waals surface area contributed by atoms with Crippen LogP contribution in [0.15, 0.2) is 59.6 Å². The number of nitrogens with one attached hydrogen (secondary N) is 2. The second-order valence-electron chi connectivity index (χ2n) is 6.22. The highest BCUT2D eigenvalue weighted by Crippen LogP contribution is 2.09. The van der Waals surface area contributed by atoms with Gasteiger partial charge in [0, 0.05) is 26.7 Å². The van der Waals surface area contributed by atoms with Gasteiger partial charge in [-0.3, -0.25) is 4.79 Å². The number of benzene rings is 2. The fourth-order valence-corrected chi connectivity index (χ4v) is 2.59. The maximum Gasteiger partial charge on any atom is 0.242 e. The lowest BCUT2D eigenvalue weighted by molar-refractivity contribution is -0.119. The number of aliphatic imine (C=N–C) groups is 1. The van der Waals surface area contributed by atoms with Gasteiger partial charge in [0.1, 0.15) is 6.54 Å². The predicted molar refractivity (Wildman–Crippen MR) is 107 cm³/mol. The van der Waals surface area contributed by atoms with E-state index in [0.29, 0.717) is 6.54 Å². The predicted octanol–water partition coefficient (Wildman–Crippen LogP) is 2.71. The molecule has 5 nitrogen and oxygen atoms in total. The Labute approximate surface area is 156 Å². The average Bonchev–Trinajstić information content (AvgIpc) is 2.66. The van der Waals surface area contributed by atoms with E-state index in [-0.39, 0.29) is 12.5 Å².